The van der Waals surface area contributed by atoms with Crippen LogP contribution in [0.4, 0.5) is 5.69 Å². The molecule has 2 aromatic carbocycles. The molecular weight excluding hydrogens is 462 g/mol. The molecule has 1 aliphatic rings. The van der Waals surface area contributed by atoms with E-state index in [1.807, 2.05) is 37.3 Å². The summed E-state index contributed by atoms with van der Waals surface area (Å²) >= 11 is 8.87. The molecule has 3 aromatic rings. The zero-order chi connectivity index (χ0) is 21.1. The van der Waals surface area contributed by atoms with Crippen LogP contribution in [0.15, 0.2) is 53.0 Å². The minimum atomic E-state index is -0.0539. The Balaban J connectivity index is 1.34. The van der Waals surface area contributed by atoms with Crippen LogP contribution in [0, 0.1) is 17.6 Å². The van der Waals surface area contributed by atoms with Gasteiger partial charge in [-0.2, -0.15) is 5.10 Å². The Bertz CT molecular complexity index is 1090. The maximum atomic E-state index is 12.6. The third kappa shape index (κ3) is 4.82. The topological polar surface area (TPSA) is 66.0 Å². The van der Waals surface area contributed by atoms with Crippen molar-refractivity contribution in [1.29, 1.82) is 0 Å². The predicted molar refractivity (Wildman–Crippen MR) is 125 cm³/mol. The minimum Gasteiger partial charge on any atom is -0.371 e. The van der Waals surface area contributed by atoms with E-state index >= 15 is 0 Å². The van der Waals surface area contributed by atoms with Gasteiger partial charge in [0.2, 0.25) is 5.91 Å². The number of nitrogens with zero attached hydrogens (tertiary/aromatic N) is 3. The van der Waals surface area contributed by atoms with E-state index in [1.165, 1.54) is 11.3 Å². The van der Waals surface area contributed by atoms with Crippen LogP contribution in [0.3, 0.4) is 0 Å². The molecule has 2 N–H and O–H groups in total. The summed E-state index contributed by atoms with van der Waals surface area (Å²) in [6.45, 7) is 4.79. The van der Waals surface area contributed by atoms with Crippen LogP contribution in [-0.4, -0.2) is 40.3 Å². The molecule has 1 amide bonds. The smallest absolute Gasteiger partial charge is 0.240 e. The molecule has 1 fully saturated rings. The van der Waals surface area contributed by atoms with Gasteiger partial charge < -0.3 is 10.2 Å². The lowest BCUT2D eigenvalue weighted by atomic mass is 10.1. The summed E-state index contributed by atoms with van der Waals surface area (Å²) in [6.07, 6.45) is 1.06. The van der Waals surface area contributed by atoms with Crippen molar-refractivity contribution in [3.8, 4) is 11.4 Å². The van der Waals surface area contributed by atoms with Gasteiger partial charge >= 0.3 is 0 Å². The van der Waals surface area contributed by atoms with Gasteiger partial charge in [0.1, 0.15) is 6.54 Å². The van der Waals surface area contributed by atoms with E-state index in [4.69, 9.17) is 12.2 Å². The van der Waals surface area contributed by atoms with Gasteiger partial charge in [-0.25, -0.2) is 0 Å². The van der Waals surface area contributed by atoms with E-state index in [2.05, 4.69) is 54.5 Å². The second-order valence-electron chi connectivity index (χ2n) is 7.69. The van der Waals surface area contributed by atoms with Crippen molar-refractivity contribution in [2.75, 3.05) is 24.5 Å². The van der Waals surface area contributed by atoms with Gasteiger partial charge in [-0.3, -0.25) is 14.5 Å². The van der Waals surface area contributed by atoms with Crippen molar-refractivity contribution < 1.29 is 4.79 Å². The van der Waals surface area contributed by atoms with E-state index < -0.39 is 0 Å². The summed E-state index contributed by atoms with van der Waals surface area (Å²) < 4.78 is 3.28. The number of aromatic nitrogens is 3. The number of amides is 1. The monoisotopic (exact) mass is 485 g/mol. The van der Waals surface area contributed by atoms with Crippen LogP contribution in [0.1, 0.15) is 12.0 Å². The van der Waals surface area contributed by atoms with Crippen molar-refractivity contribution in [3.63, 3.8) is 0 Å². The average molecular weight is 486 g/mol. The summed E-state index contributed by atoms with van der Waals surface area (Å²) in [6, 6.07) is 16.4. The van der Waals surface area contributed by atoms with Gasteiger partial charge in [-0.15, -0.1) is 0 Å². The Kier molecular flexibility index (Phi) is 6.34. The number of aromatic amines is 1. The molecule has 1 unspecified atom stereocenters. The van der Waals surface area contributed by atoms with E-state index in [0.717, 1.165) is 29.5 Å². The Morgan fingerprint density at radius 3 is 2.87 bits per heavy atom. The first-order valence-electron chi connectivity index (χ1n) is 9.99. The molecule has 1 atom stereocenters. The number of carbonyl (C=O) groups excluding carboxylic acids is 1. The fraction of sp³-hybridized carbons (Fsp3) is 0.318. The molecule has 4 rings (SSSR count). The molecule has 0 spiro atoms. The normalized spacial score (nSPS) is 16.1. The third-order valence-electron chi connectivity index (χ3n) is 5.42. The molecule has 1 saturated heterocycles. The Morgan fingerprint density at radius 2 is 2.10 bits per heavy atom. The van der Waals surface area contributed by atoms with Gasteiger partial charge in [0.05, 0.1) is 0 Å². The second kappa shape index (κ2) is 9.14. The van der Waals surface area contributed by atoms with Gasteiger partial charge in [-0.05, 0) is 49.7 Å². The highest BCUT2D eigenvalue weighted by atomic mass is 79.9. The molecule has 0 aliphatic carbocycles. The third-order valence-corrected chi connectivity index (χ3v) is 6.22. The first kappa shape index (κ1) is 20.8. The molecule has 1 aliphatic heterocycles. The lowest BCUT2D eigenvalue weighted by Gasteiger charge is -2.19. The number of H-pyrrole nitrogens is 1. The zero-order valence-electron chi connectivity index (χ0n) is 16.8. The highest BCUT2D eigenvalue weighted by Gasteiger charge is 2.23. The number of aryl methyl sites for hydroxylation is 1. The average Bonchev–Trinajstić information content (AvgIpc) is 3.35. The summed E-state index contributed by atoms with van der Waals surface area (Å²) in [5.41, 5.74) is 3.32. The standard InChI is InChI=1S/C22H24BrN5OS/c1-15-5-7-17(8-6-15)21-25-26-22(30)28(21)14-20(29)24-12-16-9-10-27(13-16)19-4-2-3-18(23)11-19/h2-8,11,16H,9-10,12-14H2,1H3,(H,24,29)(H,26,30). The van der Waals surface area contributed by atoms with Gasteiger partial charge in [-0.1, -0.05) is 51.8 Å². The van der Waals surface area contributed by atoms with Crippen LogP contribution in [0.2, 0.25) is 0 Å². The van der Waals surface area contributed by atoms with Crippen LogP contribution in [0.25, 0.3) is 11.4 Å². The summed E-state index contributed by atoms with van der Waals surface area (Å²) in [5.74, 6) is 1.06. The number of hydrogen-bond acceptors (Lipinski definition) is 4. The zero-order valence-corrected chi connectivity index (χ0v) is 19.2. The molecular formula is C22H24BrN5OS. The lowest BCUT2D eigenvalue weighted by molar-refractivity contribution is -0.121. The van der Waals surface area contributed by atoms with Crippen molar-refractivity contribution in [3.05, 3.63) is 63.3 Å². The molecule has 156 valence electrons. The van der Waals surface area contributed by atoms with Crippen molar-refractivity contribution in [2.24, 2.45) is 5.92 Å². The predicted octanol–water partition coefficient (Wildman–Crippen LogP) is 4.32. The first-order valence-corrected chi connectivity index (χ1v) is 11.2. The number of carbonyl (C=O) groups is 1. The largest absolute Gasteiger partial charge is 0.371 e. The number of hydrogen-bond donors (Lipinski definition) is 2. The molecule has 0 radical (unpaired) electrons. The maximum absolute atomic E-state index is 12.6. The Hall–Kier alpha value is -2.45. The Morgan fingerprint density at radius 1 is 1.30 bits per heavy atom. The van der Waals surface area contributed by atoms with E-state index in [-0.39, 0.29) is 12.5 Å². The maximum Gasteiger partial charge on any atom is 0.240 e. The van der Waals surface area contributed by atoms with Gasteiger partial charge in [0.15, 0.2) is 10.6 Å². The number of halogens is 1. The molecule has 0 bridgehead atoms. The van der Waals surface area contributed by atoms with Crippen LogP contribution in [0.5, 0.6) is 0 Å². The molecule has 8 heteroatoms. The van der Waals surface area contributed by atoms with Crippen molar-refractivity contribution >= 4 is 39.7 Å². The molecule has 30 heavy (non-hydrogen) atoms. The van der Waals surface area contributed by atoms with Gasteiger partial charge in [0, 0.05) is 35.4 Å². The quantitative estimate of drug-likeness (QED) is 0.510. The fourth-order valence-electron chi connectivity index (χ4n) is 3.75. The van der Waals surface area contributed by atoms with Crippen molar-refractivity contribution in [1.82, 2.24) is 20.1 Å². The number of benzene rings is 2. The summed E-state index contributed by atoms with van der Waals surface area (Å²) in [5, 5.41) is 10.2. The second-order valence-corrected chi connectivity index (χ2v) is 8.99. The molecule has 0 saturated carbocycles. The number of rotatable bonds is 6. The van der Waals surface area contributed by atoms with Crippen LogP contribution in [-0.2, 0) is 11.3 Å². The van der Waals surface area contributed by atoms with E-state index in [1.54, 1.807) is 4.57 Å². The minimum absolute atomic E-state index is 0.0539. The SMILES string of the molecule is Cc1ccc(-c2n[nH]c(=S)n2CC(=O)NCC2CCN(c3cccc(Br)c3)C2)cc1. The van der Waals surface area contributed by atoms with Gasteiger partial charge in [0.25, 0.3) is 0 Å². The van der Waals surface area contributed by atoms with E-state index in [0.29, 0.717) is 23.1 Å². The van der Waals surface area contributed by atoms with E-state index in [9.17, 15) is 4.79 Å². The highest BCUT2D eigenvalue weighted by molar-refractivity contribution is 9.10. The summed E-state index contributed by atoms with van der Waals surface area (Å²) in [7, 11) is 0. The highest BCUT2D eigenvalue weighted by Crippen LogP contribution is 2.26. The molecule has 2 heterocycles. The fourth-order valence-corrected chi connectivity index (χ4v) is 4.34. The number of anilines is 1. The first-order chi connectivity index (χ1) is 14.5. The van der Waals surface area contributed by atoms with Crippen LogP contribution >= 0.6 is 28.1 Å². The molecule has 6 nitrogen and oxygen atoms in total. The van der Waals surface area contributed by atoms with Crippen molar-refractivity contribution in [2.45, 2.75) is 19.9 Å². The summed E-state index contributed by atoms with van der Waals surface area (Å²) in [4.78, 5) is 15.0. The lowest BCUT2D eigenvalue weighted by Crippen LogP contribution is -2.33. The molecule has 1 aromatic heterocycles. The van der Waals surface area contributed by atoms with Crippen LogP contribution < -0.4 is 10.2 Å². The number of nitrogens with one attached hydrogen (secondary N) is 2. The Labute approximate surface area is 189 Å².